The highest BCUT2D eigenvalue weighted by atomic mass is 16.8. The first-order chi connectivity index (χ1) is 36.7. The van der Waals surface area contributed by atoms with Crippen molar-refractivity contribution in [2.75, 3.05) is 27.2 Å². The summed E-state index contributed by atoms with van der Waals surface area (Å²) in [5.41, 5.74) is 0. The second kappa shape index (κ2) is 51.6. The molecule has 0 aromatic heterocycles. The van der Waals surface area contributed by atoms with Crippen LogP contribution in [0.1, 0.15) is 226 Å². The molecule has 1 unspecified atom stereocenters. The summed E-state index contributed by atoms with van der Waals surface area (Å²) >= 11 is 0. The van der Waals surface area contributed by atoms with E-state index in [1.54, 1.807) is 0 Å². The van der Waals surface area contributed by atoms with E-state index >= 15 is 0 Å². The molecule has 1 heterocycles. The van der Waals surface area contributed by atoms with E-state index in [4.69, 9.17) is 23.7 Å². The number of hydrogen-bond donors (Lipinski definition) is 0. The lowest BCUT2D eigenvalue weighted by Crippen LogP contribution is -2.42. The van der Waals surface area contributed by atoms with Crippen LogP contribution in [0.2, 0.25) is 0 Å². The van der Waals surface area contributed by atoms with Crippen molar-refractivity contribution in [3.8, 4) is 0 Å². The Morgan fingerprint density at radius 2 is 0.693 bits per heavy atom. The van der Waals surface area contributed by atoms with E-state index < -0.39 is 48.5 Å². The maximum atomic E-state index is 13.5. The van der Waals surface area contributed by atoms with Crippen molar-refractivity contribution in [3.63, 3.8) is 0 Å². The first-order valence-electron chi connectivity index (χ1n) is 29.6. The molecular formula is C65H105NO9. The standard InChI is InChI=1S/C65H105NO9/c1-6-9-12-15-18-21-24-27-30-33-36-39-42-45-48-52-60(68)73-63-58(57-71-59(67)55-51-56-66(4)5)72-65(75-62(70)54-50-47-44-41-38-35-32-29-26-23-20-17-14-11-8-3)64(63)74-61(69)53-49-46-43-40-37-34-31-28-25-22-19-16-13-10-7-2/h9-14,18-23,27-32,58,63-65H,6-8,15-17,24-26,33-57H2,1-5H3/b12-9-,13-10-,14-11-,21-18-,22-19-,23-20-,30-27-,31-28-,32-29-/t58-,63?,64+,65+/m1/s1. The summed E-state index contributed by atoms with van der Waals surface area (Å²) in [6.07, 6.45) is 62.5. The lowest BCUT2D eigenvalue weighted by molar-refractivity contribution is -0.200. The molecule has 0 N–H and O–H groups in total. The number of hydrogen-bond acceptors (Lipinski definition) is 10. The van der Waals surface area contributed by atoms with Gasteiger partial charge < -0.3 is 28.6 Å². The lowest BCUT2D eigenvalue weighted by atomic mass is 10.1. The molecule has 10 heteroatoms. The number of allylic oxidation sites excluding steroid dienone is 18. The average Bonchev–Trinajstić information content (AvgIpc) is 3.69. The molecule has 0 spiro atoms. The van der Waals surface area contributed by atoms with E-state index in [1.807, 2.05) is 19.0 Å². The molecule has 0 amide bonds. The maximum absolute atomic E-state index is 13.5. The van der Waals surface area contributed by atoms with Gasteiger partial charge in [0.2, 0.25) is 12.4 Å². The highest BCUT2D eigenvalue weighted by Crippen LogP contribution is 2.30. The molecule has 0 radical (unpaired) electrons. The fraction of sp³-hybridized carbons (Fsp3) is 0.662. The normalized spacial score (nSPS) is 17.4. The summed E-state index contributed by atoms with van der Waals surface area (Å²) in [7, 11) is 3.88. The minimum absolute atomic E-state index is 0.163. The van der Waals surface area contributed by atoms with Gasteiger partial charge in [-0.15, -0.1) is 0 Å². The Morgan fingerprint density at radius 3 is 1.08 bits per heavy atom. The van der Waals surface area contributed by atoms with Gasteiger partial charge in [-0.05, 0) is 143 Å². The molecule has 1 rings (SSSR count). The zero-order valence-electron chi connectivity index (χ0n) is 47.9. The number of rotatable bonds is 48. The van der Waals surface area contributed by atoms with Gasteiger partial charge in [0.25, 0.3) is 0 Å². The largest absolute Gasteiger partial charge is 0.463 e. The fourth-order valence-electron chi connectivity index (χ4n) is 8.25. The molecule has 4 atom stereocenters. The third kappa shape index (κ3) is 43.3. The van der Waals surface area contributed by atoms with E-state index in [1.165, 1.54) is 0 Å². The monoisotopic (exact) mass is 1040 g/mol. The van der Waals surface area contributed by atoms with Crippen molar-refractivity contribution in [3.05, 3.63) is 109 Å². The zero-order chi connectivity index (χ0) is 54.5. The topological polar surface area (TPSA) is 118 Å². The quantitative estimate of drug-likeness (QED) is 0.0252. The van der Waals surface area contributed by atoms with Crippen LogP contribution in [0.15, 0.2) is 109 Å². The summed E-state index contributed by atoms with van der Waals surface area (Å²) in [6.45, 7) is 6.90. The fourth-order valence-corrected chi connectivity index (χ4v) is 8.25. The first kappa shape index (κ1) is 68.5. The zero-order valence-corrected chi connectivity index (χ0v) is 47.9. The van der Waals surface area contributed by atoms with Gasteiger partial charge in [0.05, 0.1) is 0 Å². The summed E-state index contributed by atoms with van der Waals surface area (Å²) in [6, 6.07) is 0. The third-order valence-electron chi connectivity index (χ3n) is 12.5. The van der Waals surface area contributed by atoms with Crippen LogP contribution < -0.4 is 0 Å². The second-order valence-electron chi connectivity index (χ2n) is 19.8. The number of carbonyl (C=O) groups excluding carboxylic acids is 4. The molecule has 1 aliphatic rings. The highest BCUT2D eigenvalue weighted by molar-refractivity contribution is 5.72. The number of nitrogens with zero attached hydrogens (tertiary/aromatic N) is 1. The molecular weight excluding hydrogens is 939 g/mol. The number of carbonyl (C=O) groups is 4. The molecule has 0 saturated carbocycles. The molecule has 1 aliphatic heterocycles. The molecule has 0 aromatic carbocycles. The van der Waals surface area contributed by atoms with Crippen LogP contribution >= 0.6 is 0 Å². The summed E-state index contributed by atoms with van der Waals surface area (Å²) in [5, 5.41) is 0. The van der Waals surface area contributed by atoms with Crippen molar-refractivity contribution >= 4 is 23.9 Å². The van der Waals surface area contributed by atoms with E-state index in [0.29, 0.717) is 25.7 Å². The number of unbranched alkanes of at least 4 members (excludes halogenated alkanes) is 15. The van der Waals surface area contributed by atoms with Gasteiger partial charge in [-0.3, -0.25) is 19.2 Å². The Balaban J connectivity index is 2.88. The Hall–Kier alpha value is -4.54. The Kier molecular flexibility index (Phi) is 47.1. The molecule has 1 saturated heterocycles. The SMILES string of the molecule is CC/C=C\C/C=C\C/C=C\CCCCCCCC(=O)OC1[C@@H](COC(=O)CCCN(C)C)O[C@@H](OC(=O)CCCCCCC/C=C\C/C=C\C/C=C\CC)[C@H]1OC(=O)CCCCCCC/C=C\C/C=C\C/C=C\CC. The average molecular weight is 1040 g/mol. The van der Waals surface area contributed by atoms with Gasteiger partial charge in [-0.25, -0.2) is 0 Å². The molecule has 0 aliphatic carbocycles. The predicted octanol–water partition coefficient (Wildman–Crippen LogP) is 16.7. The van der Waals surface area contributed by atoms with Crippen LogP contribution in [0.5, 0.6) is 0 Å². The first-order valence-corrected chi connectivity index (χ1v) is 29.6. The van der Waals surface area contributed by atoms with Crippen molar-refractivity contribution in [2.24, 2.45) is 0 Å². The van der Waals surface area contributed by atoms with Crippen molar-refractivity contribution in [1.29, 1.82) is 0 Å². The minimum Gasteiger partial charge on any atom is -0.463 e. The van der Waals surface area contributed by atoms with Gasteiger partial charge >= 0.3 is 23.9 Å². The summed E-state index contributed by atoms with van der Waals surface area (Å²) in [5.74, 6) is -1.84. The van der Waals surface area contributed by atoms with E-state index in [-0.39, 0.29) is 32.3 Å². The van der Waals surface area contributed by atoms with Crippen molar-refractivity contribution in [2.45, 2.75) is 251 Å². The van der Waals surface area contributed by atoms with Crippen LogP contribution in [0.3, 0.4) is 0 Å². The molecule has 1 fully saturated rings. The van der Waals surface area contributed by atoms with Gasteiger partial charge in [0, 0.05) is 25.7 Å². The summed E-state index contributed by atoms with van der Waals surface area (Å²) < 4.78 is 29.9. The van der Waals surface area contributed by atoms with Gasteiger partial charge in [-0.2, -0.15) is 0 Å². The van der Waals surface area contributed by atoms with E-state index in [0.717, 1.165) is 161 Å². The van der Waals surface area contributed by atoms with E-state index in [2.05, 4.69) is 130 Å². The second-order valence-corrected chi connectivity index (χ2v) is 19.8. The van der Waals surface area contributed by atoms with Gasteiger partial charge in [0.1, 0.15) is 12.7 Å². The smallest absolute Gasteiger partial charge is 0.308 e. The molecule has 0 aromatic rings. The highest BCUT2D eigenvalue weighted by Gasteiger charge is 2.52. The minimum atomic E-state index is -1.32. The van der Waals surface area contributed by atoms with E-state index in [9.17, 15) is 19.2 Å². The Bertz CT molecular complexity index is 1700. The summed E-state index contributed by atoms with van der Waals surface area (Å²) in [4.78, 5) is 55.2. The molecule has 0 bridgehead atoms. The number of ether oxygens (including phenoxy) is 5. The Labute approximate surface area is 457 Å². The van der Waals surface area contributed by atoms with Crippen molar-refractivity contribution in [1.82, 2.24) is 4.90 Å². The maximum Gasteiger partial charge on any atom is 0.308 e. The molecule has 10 nitrogen and oxygen atoms in total. The van der Waals surface area contributed by atoms with Crippen LogP contribution in [0.4, 0.5) is 0 Å². The van der Waals surface area contributed by atoms with Crippen molar-refractivity contribution < 1.29 is 42.9 Å². The molecule has 424 valence electrons. The lowest BCUT2D eigenvalue weighted by Gasteiger charge is -2.24. The van der Waals surface area contributed by atoms with Gasteiger partial charge in [0.15, 0.2) is 6.10 Å². The van der Waals surface area contributed by atoms with Crippen LogP contribution in [0, 0.1) is 0 Å². The Morgan fingerprint density at radius 1 is 0.373 bits per heavy atom. The third-order valence-corrected chi connectivity index (χ3v) is 12.5. The van der Waals surface area contributed by atoms with Gasteiger partial charge in [-0.1, -0.05) is 188 Å². The molecule has 75 heavy (non-hydrogen) atoms. The van der Waals surface area contributed by atoms with Crippen LogP contribution in [-0.2, 0) is 42.9 Å². The number of esters is 4. The van der Waals surface area contributed by atoms with Crippen LogP contribution in [0.25, 0.3) is 0 Å². The predicted molar refractivity (Wildman–Crippen MR) is 311 cm³/mol. The van der Waals surface area contributed by atoms with Crippen LogP contribution in [-0.4, -0.2) is 80.6 Å².